The normalized spacial score (nSPS) is 31.1. The Bertz CT molecular complexity index is 212. The van der Waals surface area contributed by atoms with Crippen LogP contribution >= 0.6 is 12.4 Å². The van der Waals surface area contributed by atoms with Gasteiger partial charge in [-0.15, -0.1) is 12.4 Å². The molecule has 0 bridgehead atoms. The number of nitrogens with one attached hydrogen (secondary N) is 1. The molecule has 0 radical (unpaired) electrons. The van der Waals surface area contributed by atoms with Gasteiger partial charge in [-0.1, -0.05) is 6.42 Å². The number of halogens is 1. The van der Waals surface area contributed by atoms with Crippen LogP contribution in [-0.2, 0) is 4.79 Å². The van der Waals surface area contributed by atoms with Crippen molar-refractivity contribution in [2.75, 3.05) is 19.6 Å². The fraction of sp³-hybridized carbons (Fsp3) is 0.900. The van der Waals surface area contributed by atoms with E-state index >= 15 is 0 Å². The van der Waals surface area contributed by atoms with Crippen molar-refractivity contribution in [3.63, 3.8) is 0 Å². The van der Waals surface area contributed by atoms with E-state index in [2.05, 4.69) is 5.32 Å². The maximum atomic E-state index is 12.0. The van der Waals surface area contributed by atoms with Gasteiger partial charge < -0.3 is 16.0 Å². The number of carbonyl (C=O) groups excluding carboxylic acids is 1. The number of likely N-dealkylation sites (tertiary alicyclic amines) is 1. The first-order valence-corrected chi connectivity index (χ1v) is 5.55. The molecule has 2 aliphatic heterocycles. The van der Waals surface area contributed by atoms with Gasteiger partial charge in [0.2, 0.25) is 5.91 Å². The van der Waals surface area contributed by atoms with Crippen molar-refractivity contribution >= 4 is 18.3 Å². The molecule has 4 nitrogen and oxygen atoms in total. The van der Waals surface area contributed by atoms with E-state index < -0.39 is 0 Å². The molecule has 2 atom stereocenters. The highest BCUT2D eigenvalue weighted by Crippen LogP contribution is 2.13. The van der Waals surface area contributed by atoms with Crippen molar-refractivity contribution in [2.24, 2.45) is 5.73 Å². The van der Waals surface area contributed by atoms with Gasteiger partial charge in [0.25, 0.3) is 0 Å². The summed E-state index contributed by atoms with van der Waals surface area (Å²) in [4.78, 5) is 13.9. The quantitative estimate of drug-likeness (QED) is 0.676. The van der Waals surface area contributed by atoms with Crippen molar-refractivity contribution < 1.29 is 4.79 Å². The molecule has 0 aromatic rings. The average molecular weight is 234 g/mol. The van der Waals surface area contributed by atoms with E-state index in [-0.39, 0.29) is 30.4 Å². The summed E-state index contributed by atoms with van der Waals surface area (Å²) in [6.07, 6.45) is 4.32. The minimum atomic E-state index is 0. The maximum Gasteiger partial charge on any atom is 0.239 e. The van der Waals surface area contributed by atoms with Gasteiger partial charge in [0.1, 0.15) is 0 Å². The second-order valence-corrected chi connectivity index (χ2v) is 4.34. The topological polar surface area (TPSA) is 58.4 Å². The van der Waals surface area contributed by atoms with E-state index in [9.17, 15) is 4.79 Å². The number of nitrogens with zero attached hydrogens (tertiary/aromatic N) is 1. The molecule has 0 saturated carbocycles. The van der Waals surface area contributed by atoms with E-state index in [1.165, 1.54) is 12.8 Å². The zero-order valence-corrected chi connectivity index (χ0v) is 9.76. The predicted molar refractivity (Wildman–Crippen MR) is 62.1 cm³/mol. The summed E-state index contributed by atoms with van der Waals surface area (Å²) in [5.74, 6) is 0.262. The van der Waals surface area contributed by atoms with Crippen LogP contribution in [-0.4, -0.2) is 42.5 Å². The Morgan fingerprint density at radius 1 is 1.33 bits per heavy atom. The number of hydrogen-bond donors (Lipinski definition) is 2. The monoisotopic (exact) mass is 233 g/mol. The van der Waals surface area contributed by atoms with Gasteiger partial charge in [-0.05, 0) is 25.8 Å². The zero-order chi connectivity index (χ0) is 9.97. The molecular weight excluding hydrogens is 214 g/mol. The van der Waals surface area contributed by atoms with Crippen LogP contribution in [0.4, 0.5) is 0 Å². The number of hydrogen-bond acceptors (Lipinski definition) is 3. The van der Waals surface area contributed by atoms with Gasteiger partial charge in [-0.2, -0.15) is 0 Å². The van der Waals surface area contributed by atoms with Crippen LogP contribution in [0.3, 0.4) is 0 Å². The number of rotatable bonds is 1. The molecule has 5 heteroatoms. The Morgan fingerprint density at radius 3 is 2.67 bits per heavy atom. The highest BCUT2D eigenvalue weighted by atomic mass is 35.5. The Labute approximate surface area is 97.0 Å². The molecular formula is C10H20ClN3O. The first-order chi connectivity index (χ1) is 6.77. The molecule has 2 aliphatic rings. The van der Waals surface area contributed by atoms with Crippen LogP contribution in [0.5, 0.6) is 0 Å². The zero-order valence-electron chi connectivity index (χ0n) is 8.95. The molecule has 0 aromatic heterocycles. The average Bonchev–Trinajstić information content (AvgIpc) is 2.65. The van der Waals surface area contributed by atoms with Gasteiger partial charge in [0, 0.05) is 19.1 Å². The van der Waals surface area contributed by atoms with E-state index in [4.69, 9.17) is 5.73 Å². The van der Waals surface area contributed by atoms with Gasteiger partial charge in [-0.3, -0.25) is 4.79 Å². The summed E-state index contributed by atoms with van der Waals surface area (Å²) in [7, 11) is 0. The van der Waals surface area contributed by atoms with Crippen molar-refractivity contribution in [2.45, 2.75) is 37.8 Å². The van der Waals surface area contributed by atoms with E-state index in [1.54, 1.807) is 0 Å². The minimum absolute atomic E-state index is 0. The number of piperidine rings is 1. The van der Waals surface area contributed by atoms with Crippen molar-refractivity contribution in [3.8, 4) is 0 Å². The van der Waals surface area contributed by atoms with E-state index in [0.717, 1.165) is 32.5 Å². The Morgan fingerprint density at radius 2 is 2.13 bits per heavy atom. The van der Waals surface area contributed by atoms with Gasteiger partial charge in [0.15, 0.2) is 0 Å². The Hall–Kier alpha value is -0.320. The Balaban J connectivity index is 0.00000112. The molecule has 0 spiro atoms. The SMILES string of the molecule is Cl.N[C@@H]1CCN(C(=O)[C@H]2CCCCN2)C1. The molecule has 2 fully saturated rings. The standard InChI is InChI=1S/C10H19N3O.ClH/c11-8-4-6-13(7-8)10(14)9-3-1-2-5-12-9;/h8-9,12H,1-7,11H2;1H/t8-,9-;/m1./s1. The summed E-state index contributed by atoms with van der Waals surface area (Å²) in [6, 6.07) is 0.261. The Kier molecular flexibility index (Phi) is 4.83. The second-order valence-electron chi connectivity index (χ2n) is 4.34. The number of amides is 1. The maximum absolute atomic E-state index is 12.0. The third kappa shape index (κ3) is 3.06. The van der Waals surface area contributed by atoms with Gasteiger partial charge in [0.05, 0.1) is 6.04 Å². The molecule has 3 N–H and O–H groups in total. The highest BCUT2D eigenvalue weighted by molar-refractivity contribution is 5.85. The molecule has 88 valence electrons. The van der Waals surface area contributed by atoms with Crippen molar-refractivity contribution in [1.82, 2.24) is 10.2 Å². The third-order valence-electron chi connectivity index (χ3n) is 3.14. The summed E-state index contributed by atoms with van der Waals surface area (Å²) in [5, 5.41) is 3.28. The lowest BCUT2D eigenvalue weighted by Gasteiger charge is -2.27. The summed E-state index contributed by atoms with van der Waals surface area (Å²) >= 11 is 0. The molecule has 1 amide bonds. The lowest BCUT2D eigenvalue weighted by atomic mass is 10.0. The molecule has 2 rings (SSSR count). The van der Waals surface area contributed by atoms with Crippen molar-refractivity contribution in [1.29, 1.82) is 0 Å². The van der Waals surface area contributed by atoms with Crippen LogP contribution in [0.25, 0.3) is 0 Å². The fourth-order valence-electron chi connectivity index (χ4n) is 2.27. The molecule has 2 heterocycles. The van der Waals surface area contributed by atoms with Gasteiger partial charge in [-0.25, -0.2) is 0 Å². The second kappa shape index (κ2) is 5.68. The summed E-state index contributed by atoms with van der Waals surface area (Å²) in [5.41, 5.74) is 5.78. The lowest BCUT2D eigenvalue weighted by molar-refractivity contribution is -0.133. The van der Waals surface area contributed by atoms with Crippen molar-refractivity contribution in [3.05, 3.63) is 0 Å². The molecule has 15 heavy (non-hydrogen) atoms. The first-order valence-electron chi connectivity index (χ1n) is 5.55. The lowest BCUT2D eigenvalue weighted by Crippen LogP contribution is -2.48. The molecule has 0 aliphatic carbocycles. The predicted octanol–water partition coefficient (Wildman–Crippen LogP) is 0.110. The molecule has 2 saturated heterocycles. The third-order valence-corrected chi connectivity index (χ3v) is 3.14. The molecule has 0 unspecified atom stereocenters. The van der Waals surface area contributed by atoms with Crippen LogP contribution in [0.2, 0.25) is 0 Å². The van der Waals surface area contributed by atoms with Crippen LogP contribution in [0.15, 0.2) is 0 Å². The van der Waals surface area contributed by atoms with E-state index in [0.29, 0.717) is 0 Å². The number of carbonyl (C=O) groups is 1. The van der Waals surface area contributed by atoms with Crippen LogP contribution < -0.4 is 11.1 Å². The van der Waals surface area contributed by atoms with Gasteiger partial charge >= 0.3 is 0 Å². The summed E-state index contributed by atoms with van der Waals surface area (Å²) in [6.45, 7) is 2.57. The summed E-state index contributed by atoms with van der Waals surface area (Å²) < 4.78 is 0. The fourth-order valence-corrected chi connectivity index (χ4v) is 2.27. The van der Waals surface area contributed by atoms with E-state index in [1.807, 2.05) is 4.90 Å². The highest BCUT2D eigenvalue weighted by Gasteiger charge is 2.29. The van der Waals surface area contributed by atoms with Crippen LogP contribution in [0, 0.1) is 0 Å². The largest absolute Gasteiger partial charge is 0.340 e. The van der Waals surface area contributed by atoms with Crippen LogP contribution in [0.1, 0.15) is 25.7 Å². The number of nitrogens with two attached hydrogens (primary N) is 1. The molecule has 0 aromatic carbocycles. The first kappa shape index (κ1) is 12.7. The smallest absolute Gasteiger partial charge is 0.239 e. The minimum Gasteiger partial charge on any atom is -0.340 e.